The molecule has 0 aromatic heterocycles. The second-order valence-corrected chi connectivity index (χ2v) is 5.11. The topological polar surface area (TPSA) is 57.6 Å². The van der Waals surface area contributed by atoms with E-state index in [4.69, 9.17) is 16.7 Å². The molecule has 1 N–H and O–H groups in total. The number of benzene rings is 1. The Balaban J connectivity index is 2.16. The molecule has 18 heavy (non-hydrogen) atoms. The van der Waals surface area contributed by atoms with Crippen LogP contribution in [0.4, 0.5) is 0 Å². The summed E-state index contributed by atoms with van der Waals surface area (Å²) >= 11 is 6.03. The number of carbonyl (C=O) groups is 2. The quantitative estimate of drug-likeness (QED) is 0.854. The second kappa shape index (κ2) is 4.61. The fourth-order valence-corrected chi connectivity index (χ4v) is 2.29. The molecule has 5 heteroatoms. The number of rotatable bonds is 3. The molecular weight excluding hydrogens is 254 g/mol. The monoisotopic (exact) mass is 267 g/mol. The fraction of sp³-hybridized carbons (Fsp3) is 0.385. The Morgan fingerprint density at radius 1 is 1.50 bits per heavy atom. The second-order valence-electron chi connectivity index (χ2n) is 4.71. The van der Waals surface area contributed by atoms with Crippen LogP contribution in [0.15, 0.2) is 24.3 Å². The van der Waals surface area contributed by atoms with E-state index in [1.54, 1.807) is 11.0 Å². The Morgan fingerprint density at radius 2 is 2.17 bits per heavy atom. The lowest BCUT2D eigenvalue weighted by molar-refractivity contribution is -0.155. The largest absolute Gasteiger partial charge is 0.480 e. The SMILES string of the molecule is CC1(C(=O)O)CCN(Cc2ccccc2Cl)C1=O. The first-order valence-corrected chi connectivity index (χ1v) is 6.09. The molecule has 1 heterocycles. The number of nitrogens with zero attached hydrogens (tertiary/aromatic N) is 1. The lowest BCUT2D eigenvalue weighted by Crippen LogP contribution is -2.37. The number of hydrogen-bond donors (Lipinski definition) is 1. The number of amides is 1. The van der Waals surface area contributed by atoms with E-state index in [1.165, 1.54) is 6.92 Å². The fourth-order valence-electron chi connectivity index (χ4n) is 2.10. The van der Waals surface area contributed by atoms with Crippen LogP contribution >= 0.6 is 11.6 Å². The molecule has 1 fully saturated rings. The summed E-state index contributed by atoms with van der Waals surface area (Å²) in [5, 5.41) is 9.70. The number of carbonyl (C=O) groups excluding carboxylic acids is 1. The van der Waals surface area contributed by atoms with E-state index in [-0.39, 0.29) is 5.91 Å². The predicted molar refractivity (Wildman–Crippen MR) is 67.2 cm³/mol. The van der Waals surface area contributed by atoms with E-state index in [0.29, 0.717) is 24.5 Å². The standard InChI is InChI=1S/C13H14ClNO3/c1-13(12(17)18)6-7-15(11(13)16)8-9-4-2-3-5-10(9)14/h2-5H,6-8H2,1H3,(H,17,18). The summed E-state index contributed by atoms with van der Waals surface area (Å²) < 4.78 is 0. The molecule has 2 rings (SSSR count). The van der Waals surface area contributed by atoms with Gasteiger partial charge >= 0.3 is 5.97 Å². The molecule has 0 bridgehead atoms. The zero-order chi connectivity index (χ0) is 13.3. The molecule has 0 spiro atoms. The summed E-state index contributed by atoms with van der Waals surface area (Å²) in [7, 11) is 0. The zero-order valence-corrected chi connectivity index (χ0v) is 10.8. The third-order valence-corrected chi connectivity index (χ3v) is 3.80. The Hall–Kier alpha value is -1.55. The van der Waals surface area contributed by atoms with E-state index in [2.05, 4.69) is 0 Å². The van der Waals surface area contributed by atoms with Crippen molar-refractivity contribution in [1.82, 2.24) is 4.90 Å². The van der Waals surface area contributed by atoms with Gasteiger partial charge in [0.2, 0.25) is 5.91 Å². The van der Waals surface area contributed by atoms with Crippen molar-refractivity contribution in [2.75, 3.05) is 6.54 Å². The molecule has 4 nitrogen and oxygen atoms in total. The van der Waals surface area contributed by atoms with E-state index in [9.17, 15) is 9.59 Å². The Bertz CT molecular complexity index is 503. The first-order valence-electron chi connectivity index (χ1n) is 5.71. The minimum atomic E-state index is -1.29. The third-order valence-electron chi connectivity index (χ3n) is 3.43. The van der Waals surface area contributed by atoms with Gasteiger partial charge in [-0.1, -0.05) is 29.8 Å². The first kappa shape index (κ1) is 12.9. The van der Waals surface area contributed by atoms with Crippen molar-refractivity contribution in [3.63, 3.8) is 0 Å². The molecule has 0 saturated carbocycles. The zero-order valence-electron chi connectivity index (χ0n) is 10.0. The Morgan fingerprint density at radius 3 is 2.72 bits per heavy atom. The summed E-state index contributed by atoms with van der Waals surface area (Å²) in [6.45, 7) is 2.29. The van der Waals surface area contributed by atoms with E-state index >= 15 is 0 Å². The maximum atomic E-state index is 12.1. The Kier molecular flexibility index (Phi) is 3.30. The highest BCUT2D eigenvalue weighted by atomic mass is 35.5. The molecule has 1 atom stereocenters. The molecule has 96 valence electrons. The van der Waals surface area contributed by atoms with Gasteiger partial charge in [-0.05, 0) is 25.0 Å². The van der Waals surface area contributed by atoms with Crippen molar-refractivity contribution >= 4 is 23.5 Å². The molecule has 1 aliphatic rings. The predicted octanol–water partition coefficient (Wildman–Crippen LogP) is 2.16. The molecule has 1 aromatic carbocycles. The van der Waals surface area contributed by atoms with Crippen LogP contribution in [0, 0.1) is 5.41 Å². The van der Waals surface area contributed by atoms with Gasteiger partial charge in [-0.25, -0.2) is 0 Å². The van der Waals surface area contributed by atoms with Crippen molar-refractivity contribution in [1.29, 1.82) is 0 Å². The molecule has 1 saturated heterocycles. The number of aliphatic carboxylic acids is 1. The lowest BCUT2D eigenvalue weighted by atomic mass is 9.89. The van der Waals surface area contributed by atoms with Crippen molar-refractivity contribution < 1.29 is 14.7 Å². The number of hydrogen-bond acceptors (Lipinski definition) is 2. The normalized spacial score (nSPS) is 23.4. The van der Waals surface area contributed by atoms with E-state index in [1.807, 2.05) is 18.2 Å². The first-order chi connectivity index (χ1) is 8.45. The maximum Gasteiger partial charge on any atom is 0.318 e. The summed E-state index contributed by atoms with van der Waals surface area (Å²) in [4.78, 5) is 24.8. The van der Waals surface area contributed by atoms with Gasteiger partial charge in [-0.3, -0.25) is 9.59 Å². The van der Waals surface area contributed by atoms with Crippen LogP contribution in [0.5, 0.6) is 0 Å². The third kappa shape index (κ3) is 2.08. The molecule has 1 amide bonds. The highest BCUT2D eigenvalue weighted by Crippen LogP contribution is 2.33. The van der Waals surface area contributed by atoms with Crippen LogP contribution in [-0.2, 0) is 16.1 Å². The summed E-state index contributed by atoms with van der Waals surface area (Å²) in [5.74, 6) is -1.40. The van der Waals surface area contributed by atoms with Crippen LogP contribution < -0.4 is 0 Å². The molecule has 1 aromatic rings. The number of halogens is 1. The van der Waals surface area contributed by atoms with Gasteiger partial charge in [0.1, 0.15) is 5.41 Å². The number of carboxylic acids is 1. The van der Waals surface area contributed by atoms with E-state index in [0.717, 1.165) is 5.56 Å². The van der Waals surface area contributed by atoms with Crippen molar-refractivity contribution in [2.45, 2.75) is 19.9 Å². The van der Waals surface area contributed by atoms with Gasteiger partial charge in [0.05, 0.1) is 0 Å². The van der Waals surface area contributed by atoms with Crippen molar-refractivity contribution in [3.05, 3.63) is 34.9 Å². The van der Waals surface area contributed by atoms with Gasteiger partial charge in [0, 0.05) is 18.1 Å². The van der Waals surface area contributed by atoms with Gasteiger partial charge in [-0.15, -0.1) is 0 Å². The van der Waals surface area contributed by atoms with Crippen LogP contribution in [0.2, 0.25) is 5.02 Å². The lowest BCUT2D eigenvalue weighted by Gasteiger charge is -2.20. The average molecular weight is 268 g/mol. The highest BCUT2D eigenvalue weighted by molar-refractivity contribution is 6.31. The average Bonchev–Trinajstić information content (AvgIpc) is 2.62. The van der Waals surface area contributed by atoms with E-state index < -0.39 is 11.4 Å². The van der Waals surface area contributed by atoms with Crippen LogP contribution in [-0.4, -0.2) is 28.4 Å². The van der Waals surface area contributed by atoms with Crippen LogP contribution in [0.3, 0.4) is 0 Å². The molecular formula is C13H14ClNO3. The van der Waals surface area contributed by atoms with Gasteiger partial charge < -0.3 is 10.0 Å². The Labute approximate surface area is 110 Å². The smallest absolute Gasteiger partial charge is 0.318 e. The van der Waals surface area contributed by atoms with Crippen molar-refractivity contribution in [2.24, 2.45) is 5.41 Å². The minimum Gasteiger partial charge on any atom is -0.480 e. The summed E-state index contributed by atoms with van der Waals surface area (Å²) in [6, 6.07) is 7.26. The van der Waals surface area contributed by atoms with Gasteiger partial charge in [0.15, 0.2) is 0 Å². The summed E-state index contributed by atoms with van der Waals surface area (Å²) in [5.41, 5.74) is -0.455. The van der Waals surface area contributed by atoms with Crippen molar-refractivity contribution in [3.8, 4) is 0 Å². The highest BCUT2D eigenvalue weighted by Gasteiger charge is 2.48. The number of likely N-dealkylation sites (tertiary alicyclic amines) is 1. The summed E-state index contributed by atoms with van der Waals surface area (Å²) in [6.07, 6.45) is 0.339. The number of carboxylic acid groups (broad SMARTS) is 1. The molecule has 1 unspecified atom stereocenters. The van der Waals surface area contributed by atoms with Gasteiger partial charge in [0.25, 0.3) is 0 Å². The molecule has 0 aliphatic carbocycles. The maximum absolute atomic E-state index is 12.1. The minimum absolute atomic E-state index is 0.338. The van der Waals surface area contributed by atoms with Crippen LogP contribution in [0.1, 0.15) is 18.9 Å². The van der Waals surface area contributed by atoms with Crippen LogP contribution in [0.25, 0.3) is 0 Å². The van der Waals surface area contributed by atoms with Gasteiger partial charge in [-0.2, -0.15) is 0 Å². The molecule has 0 radical (unpaired) electrons. The molecule has 1 aliphatic heterocycles.